The van der Waals surface area contributed by atoms with Gasteiger partial charge in [0.1, 0.15) is 0 Å². The van der Waals surface area contributed by atoms with Crippen molar-refractivity contribution in [3.05, 3.63) is 23.3 Å². The van der Waals surface area contributed by atoms with Gasteiger partial charge in [-0.3, -0.25) is 4.90 Å². The van der Waals surface area contributed by atoms with Crippen LogP contribution in [-0.4, -0.2) is 95.6 Å². The van der Waals surface area contributed by atoms with Crippen LogP contribution in [0.15, 0.2) is 12.1 Å². The van der Waals surface area contributed by atoms with E-state index < -0.39 is 20.2 Å². The van der Waals surface area contributed by atoms with Crippen LogP contribution < -0.4 is 14.2 Å². The van der Waals surface area contributed by atoms with E-state index in [4.69, 9.17) is 9.47 Å². The third-order valence-corrected chi connectivity index (χ3v) is 11.3. The molecule has 0 unspecified atom stereocenters. The van der Waals surface area contributed by atoms with Gasteiger partial charge in [-0.25, -0.2) is 13.1 Å². The minimum Gasteiger partial charge on any atom is -0.490 e. The van der Waals surface area contributed by atoms with Crippen LogP contribution in [-0.2, 0) is 26.7 Å². The van der Waals surface area contributed by atoms with E-state index in [1.807, 2.05) is 13.8 Å². The fourth-order valence-electron chi connectivity index (χ4n) is 6.00. The predicted molar refractivity (Wildman–Crippen MR) is 144 cm³/mol. The summed E-state index contributed by atoms with van der Waals surface area (Å²) in [4.78, 5) is 2.52. The van der Waals surface area contributed by atoms with Gasteiger partial charge in [0, 0.05) is 52.4 Å². The van der Waals surface area contributed by atoms with Crippen LogP contribution in [0.25, 0.3) is 0 Å². The molecule has 3 aliphatic rings. The van der Waals surface area contributed by atoms with E-state index in [1.165, 1.54) is 25.2 Å². The van der Waals surface area contributed by atoms with E-state index in [0.717, 1.165) is 54.6 Å². The number of benzene rings is 1. The van der Waals surface area contributed by atoms with Crippen LogP contribution >= 0.6 is 0 Å². The van der Waals surface area contributed by atoms with E-state index in [-0.39, 0.29) is 30.8 Å². The topological polar surface area (TPSA) is 108 Å². The molecule has 12 heteroatoms. The Morgan fingerprint density at radius 3 is 2.43 bits per heavy atom. The van der Waals surface area contributed by atoms with Crippen molar-refractivity contribution in [3.8, 4) is 11.5 Å². The lowest BCUT2D eigenvalue weighted by Gasteiger charge is -2.51. The molecule has 3 aliphatic heterocycles. The molecule has 0 radical (unpaired) electrons. The summed E-state index contributed by atoms with van der Waals surface area (Å²) < 4.78 is 67.8. The zero-order valence-electron chi connectivity index (χ0n) is 22.5. The first-order chi connectivity index (χ1) is 17.6. The molecule has 10 nitrogen and oxygen atoms in total. The molecule has 2 saturated heterocycles. The van der Waals surface area contributed by atoms with Crippen molar-refractivity contribution in [2.45, 2.75) is 58.0 Å². The highest BCUT2D eigenvalue weighted by atomic mass is 32.2. The number of piperidine rings is 2. The van der Waals surface area contributed by atoms with Crippen molar-refractivity contribution in [1.82, 2.24) is 18.2 Å². The summed E-state index contributed by atoms with van der Waals surface area (Å²) in [6.45, 7) is 7.51. The molecule has 0 spiro atoms. The lowest BCUT2D eigenvalue weighted by atomic mass is 9.77. The first-order valence-electron chi connectivity index (χ1n) is 13.4. The third-order valence-electron chi connectivity index (χ3n) is 7.78. The van der Waals surface area contributed by atoms with Crippen LogP contribution in [0.4, 0.5) is 0 Å². The Kier molecular flexibility index (Phi) is 9.07. The lowest BCUT2D eigenvalue weighted by molar-refractivity contribution is 0.0218. The highest BCUT2D eigenvalue weighted by Crippen LogP contribution is 2.46. The minimum atomic E-state index is -3.57. The van der Waals surface area contributed by atoms with Gasteiger partial charge in [0.15, 0.2) is 11.5 Å². The molecule has 2 fully saturated rings. The molecule has 1 aromatic rings. The Labute approximate surface area is 222 Å². The first kappa shape index (κ1) is 28.6. The standard InChI is InChI=1S/C25H42N4O6S2/c1-5-34-24-15-19-10-13-28-18-20-9-7-12-29(22(20)17-23(28)21(19)16-25(24)35-6-2)36(30,31)14-8-11-26-37(32,33)27(3)4/h15-16,20,22-23,26H,5-14,17-18H2,1-4H3/t20-,22+,23+/m1/s1. The molecule has 1 N–H and O–H groups in total. The highest BCUT2D eigenvalue weighted by Gasteiger charge is 2.46. The zero-order valence-corrected chi connectivity index (χ0v) is 24.1. The Hall–Kier alpha value is -1.44. The number of rotatable bonds is 11. The maximum absolute atomic E-state index is 13.4. The van der Waals surface area contributed by atoms with Crippen molar-refractivity contribution >= 4 is 20.2 Å². The minimum absolute atomic E-state index is 0.0495. The van der Waals surface area contributed by atoms with Crippen LogP contribution in [0.2, 0.25) is 0 Å². The van der Waals surface area contributed by atoms with E-state index >= 15 is 0 Å². The van der Waals surface area contributed by atoms with Crippen molar-refractivity contribution in [2.75, 3.05) is 59.2 Å². The summed E-state index contributed by atoms with van der Waals surface area (Å²) in [6.07, 6.45) is 3.82. The summed E-state index contributed by atoms with van der Waals surface area (Å²) >= 11 is 0. The third kappa shape index (κ3) is 6.25. The van der Waals surface area contributed by atoms with Gasteiger partial charge in [-0.2, -0.15) is 17.0 Å². The largest absolute Gasteiger partial charge is 0.490 e. The molecule has 37 heavy (non-hydrogen) atoms. The molecular formula is C25H42N4O6S2. The number of hydrogen-bond acceptors (Lipinski definition) is 7. The number of sulfonamides is 1. The Morgan fingerprint density at radius 1 is 1.05 bits per heavy atom. The predicted octanol–water partition coefficient (Wildman–Crippen LogP) is 1.98. The smallest absolute Gasteiger partial charge is 0.278 e. The first-order valence-corrected chi connectivity index (χ1v) is 16.4. The molecule has 0 aliphatic carbocycles. The highest BCUT2D eigenvalue weighted by molar-refractivity contribution is 7.89. The maximum atomic E-state index is 13.4. The van der Waals surface area contributed by atoms with Crippen LogP contribution in [0.1, 0.15) is 56.7 Å². The molecule has 0 saturated carbocycles. The molecule has 0 amide bonds. The number of nitrogens with zero attached hydrogens (tertiary/aromatic N) is 3. The molecule has 1 aromatic carbocycles. The molecular weight excluding hydrogens is 516 g/mol. The Balaban J connectivity index is 1.51. The van der Waals surface area contributed by atoms with Crippen LogP contribution in [0.5, 0.6) is 11.5 Å². The second kappa shape index (κ2) is 11.7. The van der Waals surface area contributed by atoms with Gasteiger partial charge in [-0.1, -0.05) is 0 Å². The number of nitrogens with one attached hydrogen (secondary N) is 1. The van der Waals surface area contributed by atoms with Crippen molar-refractivity contribution in [1.29, 1.82) is 0 Å². The van der Waals surface area contributed by atoms with Crippen molar-refractivity contribution < 1.29 is 26.3 Å². The second-order valence-electron chi connectivity index (χ2n) is 10.3. The molecule has 4 rings (SSSR count). The van der Waals surface area contributed by atoms with E-state index in [2.05, 4.69) is 21.8 Å². The van der Waals surface area contributed by atoms with Gasteiger partial charge >= 0.3 is 0 Å². The van der Waals surface area contributed by atoms with E-state index in [1.54, 1.807) is 4.31 Å². The average Bonchev–Trinajstić information content (AvgIpc) is 2.85. The van der Waals surface area contributed by atoms with Gasteiger partial charge in [-0.15, -0.1) is 0 Å². The summed E-state index contributed by atoms with van der Waals surface area (Å²) in [5, 5.41) is 0. The van der Waals surface area contributed by atoms with Gasteiger partial charge in [0.05, 0.1) is 19.0 Å². The average molecular weight is 559 g/mol. The van der Waals surface area contributed by atoms with Gasteiger partial charge < -0.3 is 9.47 Å². The monoisotopic (exact) mass is 558 g/mol. The maximum Gasteiger partial charge on any atom is 0.278 e. The number of ether oxygens (including phenoxy) is 2. The van der Waals surface area contributed by atoms with E-state index in [9.17, 15) is 16.8 Å². The lowest BCUT2D eigenvalue weighted by Crippen LogP contribution is -2.57. The summed E-state index contributed by atoms with van der Waals surface area (Å²) in [5.41, 5.74) is 2.47. The fraction of sp³-hybridized carbons (Fsp3) is 0.760. The Morgan fingerprint density at radius 2 is 1.76 bits per heavy atom. The molecule has 3 heterocycles. The summed E-state index contributed by atoms with van der Waals surface area (Å²) in [5.74, 6) is 1.77. The van der Waals surface area contributed by atoms with Gasteiger partial charge in [-0.05, 0) is 75.1 Å². The van der Waals surface area contributed by atoms with Gasteiger partial charge in [0.25, 0.3) is 10.2 Å². The SMILES string of the molecule is CCOc1cc2c(cc1OCC)[C@@H]1C[C@H]3[C@H](CCCN3S(=O)(=O)CCCNS(=O)(=O)N(C)C)CN1CC2. The molecule has 0 bridgehead atoms. The molecule has 3 atom stereocenters. The number of fused-ring (bicyclic) bond motifs is 4. The van der Waals surface area contributed by atoms with Crippen molar-refractivity contribution in [2.24, 2.45) is 5.92 Å². The van der Waals surface area contributed by atoms with Gasteiger partial charge in [0.2, 0.25) is 10.0 Å². The van der Waals surface area contributed by atoms with Crippen LogP contribution in [0.3, 0.4) is 0 Å². The quantitative estimate of drug-likeness (QED) is 0.414. The second-order valence-corrected chi connectivity index (χ2v) is 14.3. The molecule has 0 aromatic heterocycles. The number of hydrogen-bond donors (Lipinski definition) is 1. The fourth-order valence-corrected chi connectivity index (χ4v) is 8.48. The van der Waals surface area contributed by atoms with E-state index in [0.29, 0.717) is 25.7 Å². The normalized spacial score (nSPS) is 24.8. The van der Waals surface area contributed by atoms with Crippen LogP contribution in [0, 0.1) is 5.92 Å². The summed E-state index contributed by atoms with van der Waals surface area (Å²) in [7, 11) is -4.20. The Bertz CT molecular complexity index is 1160. The molecule has 210 valence electrons. The summed E-state index contributed by atoms with van der Waals surface area (Å²) in [6, 6.07) is 4.31. The van der Waals surface area contributed by atoms with Crippen molar-refractivity contribution in [3.63, 3.8) is 0 Å². The zero-order chi connectivity index (χ0) is 26.8.